The van der Waals surface area contributed by atoms with Crippen molar-refractivity contribution >= 4 is 23.7 Å². The second-order valence-corrected chi connectivity index (χ2v) is 12.2. The van der Waals surface area contributed by atoms with E-state index in [1.807, 2.05) is 35.2 Å². The number of hydrogen-bond donors (Lipinski definition) is 3. The quantitative estimate of drug-likeness (QED) is 0.221. The Morgan fingerprint density at radius 3 is 2.29 bits per heavy atom. The lowest BCUT2D eigenvalue weighted by molar-refractivity contribution is 0.0480. The summed E-state index contributed by atoms with van der Waals surface area (Å²) in [4.78, 5) is 43.7. The van der Waals surface area contributed by atoms with Crippen molar-refractivity contribution in [1.82, 2.24) is 35.2 Å². The number of aliphatic hydroxyl groups is 1. The van der Waals surface area contributed by atoms with E-state index in [-0.39, 0.29) is 37.0 Å². The number of nitrogens with zero attached hydrogens (tertiary/aromatic N) is 9. The molecular formula is C34H38FN11O3. The molecule has 1 saturated heterocycles. The Balaban J connectivity index is 1.14. The molecule has 0 radical (unpaired) electrons. The highest BCUT2D eigenvalue weighted by molar-refractivity contribution is 5.90. The standard InChI is InChI=1S/C34H38FN11O3/c1-49-32-40-20-26(21-41-32)25-18-38-31(39-19-25)46(33(48)42-16-23-5-3-2-4-6-23)28-9-7-27(8-10-28)43-30-37-17-24(15-36)29(44-30)45-13-11-34(35,22-47)12-14-45/h2-6,17-21,27-28,47H,7-14,16,22H2,1H3,(H,42,48)(H,37,43,44). The maximum absolute atomic E-state index is 14.6. The number of benzene rings is 1. The van der Waals surface area contributed by atoms with Gasteiger partial charge in [0.15, 0.2) is 5.82 Å². The molecule has 14 nitrogen and oxygen atoms in total. The lowest BCUT2D eigenvalue weighted by Gasteiger charge is -2.37. The Labute approximate surface area is 283 Å². The van der Waals surface area contributed by atoms with Crippen molar-refractivity contribution in [3.63, 3.8) is 0 Å². The molecule has 1 aliphatic carbocycles. The van der Waals surface area contributed by atoms with E-state index < -0.39 is 12.3 Å². The van der Waals surface area contributed by atoms with Gasteiger partial charge in [0.05, 0.1) is 19.9 Å². The number of aliphatic hydroxyl groups excluding tert-OH is 1. The Morgan fingerprint density at radius 1 is 1.02 bits per heavy atom. The van der Waals surface area contributed by atoms with Crippen LogP contribution in [0.15, 0.2) is 61.3 Å². The predicted molar refractivity (Wildman–Crippen MR) is 180 cm³/mol. The minimum atomic E-state index is -1.61. The number of nitrogens with one attached hydrogen (secondary N) is 2. The number of anilines is 3. The summed E-state index contributed by atoms with van der Waals surface area (Å²) in [5.41, 5.74) is 1.09. The minimum Gasteiger partial charge on any atom is -0.467 e. The zero-order valence-corrected chi connectivity index (χ0v) is 27.2. The van der Waals surface area contributed by atoms with E-state index in [1.165, 1.54) is 13.3 Å². The first-order valence-electron chi connectivity index (χ1n) is 16.3. The van der Waals surface area contributed by atoms with Crippen LogP contribution in [0.1, 0.15) is 49.7 Å². The number of urea groups is 1. The third-order valence-electron chi connectivity index (χ3n) is 9.03. The monoisotopic (exact) mass is 667 g/mol. The second kappa shape index (κ2) is 15.2. The highest BCUT2D eigenvalue weighted by atomic mass is 19.1. The number of hydrogen-bond acceptors (Lipinski definition) is 12. The van der Waals surface area contributed by atoms with Gasteiger partial charge in [-0.1, -0.05) is 30.3 Å². The number of ether oxygens (including phenoxy) is 1. The molecule has 1 saturated carbocycles. The van der Waals surface area contributed by atoms with Crippen LogP contribution >= 0.6 is 0 Å². The largest absolute Gasteiger partial charge is 0.467 e. The Kier molecular flexibility index (Phi) is 10.3. The van der Waals surface area contributed by atoms with Gasteiger partial charge in [0.1, 0.15) is 17.3 Å². The van der Waals surface area contributed by atoms with Crippen molar-refractivity contribution in [2.45, 2.75) is 62.8 Å². The summed E-state index contributed by atoms with van der Waals surface area (Å²) in [6.45, 7) is 0.517. The number of aromatic nitrogens is 6. The zero-order valence-electron chi connectivity index (χ0n) is 27.2. The van der Waals surface area contributed by atoms with Gasteiger partial charge in [-0.05, 0) is 31.2 Å². The Hall–Kier alpha value is -5.49. The fraction of sp³-hybridized carbons (Fsp3) is 0.412. The van der Waals surface area contributed by atoms with Crippen LogP contribution in [0.2, 0.25) is 0 Å². The zero-order chi connectivity index (χ0) is 34.2. The smallest absolute Gasteiger partial charge is 0.324 e. The molecule has 2 aliphatic rings. The number of carbonyl (C=O) groups is 1. The Morgan fingerprint density at radius 2 is 1.67 bits per heavy atom. The second-order valence-electron chi connectivity index (χ2n) is 12.2. The lowest BCUT2D eigenvalue weighted by atomic mass is 9.90. The summed E-state index contributed by atoms with van der Waals surface area (Å²) < 4.78 is 19.7. The molecule has 15 heteroatoms. The summed E-state index contributed by atoms with van der Waals surface area (Å²) in [7, 11) is 1.50. The van der Waals surface area contributed by atoms with Crippen LogP contribution in [0.25, 0.3) is 11.1 Å². The van der Waals surface area contributed by atoms with Crippen molar-refractivity contribution in [1.29, 1.82) is 5.26 Å². The summed E-state index contributed by atoms with van der Waals surface area (Å²) in [5.74, 6) is 1.13. The first kappa shape index (κ1) is 33.4. The molecule has 254 valence electrons. The van der Waals surface area contributed by atoms with E-state index in [0.717, 1.165) is 18.4 Å². The molecule has 3 aromatic heterocycles. The number of carbonyl (C=O) groups excluding carboxylic acids is 1. The number of rotatable bonds is 10. The summed E-state index contributed by atoms with van der Waals surface area (Å²) in [6, 6.07) is 11.7. The molecule has 2 amide bonds. The highest BCUT2D eigenvalue weighted by Gasteiger charge is 2.35. The van der Waals surface area contributed by atoms with Gasteiger partial charge in [-0.15, -0.1) is 0 Å². The van der Waals surface area contributed by atoms with Crippen LogP contribution in [-0.4, -0.2) is 85.6 Å². The molecule has 3 N–H and O–H groups in total. The van der Waals surface area contributed by atoms with Gasteiger partial charge in [-0.25, -0.2) is 34.1 Å². The maximum Gasteiger partial charge on any atom is 0.324 e. The van der Waals surface area contributed by atoms with Crippen LogP contribution in [0.3, 0.4) is 0 Å². The molecule has 0 atom stereocenters. The average Bonchev–Trinajstić information content (AvgIpc) is 3.16. The number of alkyl halides is 1. The summed E-state index contributed by atoms with van der Waals surface area (Å²) >= 11 is 0. The van der Waals surface area contributed by atoms with E-state index in [9.17, 15) is 19.6 Å². The van der Waals surface area contributed by atoms with Crippen molar-refractivity contribution in [3.8, 4) is 23.2 Å². The van der Waals surface area contributed by atoms with Crippen LogP contribution < -0.4 is 25.2 Å². The van der Waals surface area contributed by atoms with E-state index >= 15 is 0 Å². The number of halogens is 1. The lowest BCUT2D eigenvalue weighted by Crippen LogP contribution is -2.49. The topological polar surface area (TPSA) is 178 Å². The molecular weight excluding hydrogens is 629 g/mol. The third-order valence-corrected chi connectivity index (χ3v) is 9.03. The van der Waals surface area contributed by atoms with Crippen LogP contribution in [-0.2, 0) is 6.54 Å². The first-order chi connectivity index (χ1) is 23.9. The molecule has 0 bridgehead atoms. The summed E-state index contributed by atoms with van der Waals surface area (Å²) in [6.07, 6.45) is 11.1. The van der Waals surface area contributed by atoms with E-state index in [4.69, 9.17) is 4.74 Å². The molecule has 1 aliphatic heterocycles. The molecule has 6 rings (SSSR count). The van der Waals surface area contributed by atoms with E-state index in [0.29, 0.717) is 66.9 Å². The third kappa shape index (κ3) is 7.98. The molecule has 4 aromatic rings. The van der Waals surface area contributed by atoms with Gasteiger partial charge < -0.3 is 25.4 Å². The average molecular weight is 668 g/mol. The predicted octanol–water partition coefficient (Wildman–Crippen LogP) is 4.04. The van der Waals surface area contributed by atoms with E-state index in [2.05, 4.69) is 46.6 Å². The van der Waals surface area contributed by atoms with Gasteiger partial charge in [-0.2, -0.15) is 10.2 Å². The highest BCUT2D eigenvalue weighted by Crippen LogP contribution is 2.32. The first-order valence-corrected chi connectivity index (χ1v) is 16.3. The normalized spacial score (nSPS) is 18.6. The van der Waals surface area contributed by atoms with Gasteiger partial charge in [-0.3, -0.25) is 4.90 Å². The molecule has 2 fully saturated rings. The molecule has 49 heavy (non-hydrogen) atoms. The number of nitriles is 1. The van der Waals surface area contributed by atoms with Gasteiger partial charge >= 0.3 is 12.0 Å². The molecule has 4 heterocycles. The molecule has 0 spiro atoms. The minimum absolute atomic E-state index is 0.0267. The van der Waals surface area contributed by atoms with Crippen molar-refractivity contribution in [3.05, 3.63) is 72.4 Å². The fourth-order valence-corrected chi connectivity index (χ4v) is 6.14. The van der Waals surface area contributed by atoms with Crippen LogP contribution in [0.4, 0.5) is 26.9 Å². The van der Waals surface area contributed by atoms with Crippen LogP contribution in [0, 0.1) is 11.3 Å². The van der Waals surface area contributed by atoms with Gasteiger partial charge in [0, 0.05) is 80.5 Å². The van der Waals surface area contributed by atoms with E-state index in [1.54, 1.807) is 29.7 Å². The SMILES string of the molecule is COc1ncc(-c2cnc(N(C(=O)NCc3ccccc3)C3CCC(Nc4ncc(C#N)c(N5CCC(F)(CO)CC5)n4)CC3)nc2)cn1. The fourth-order valence-electron chi connectivity index (χ4n) is 6.14. The van der Waals surface area contributed by atoms with Gasteiger partial charge in [0.2, 0.25) is 11.9 Å². The number of piperidine rings is 1. The maximum atomic E-state index is 14.6. The van der Waals surface area contributed by atoms with Crippen molar-refractivity contribution in [2.75, 3.05) is 41.9 Å². The Bertz CT molecular complexity index is 1740. The number of methoxy groups -OCH3 is 1. The van der Waals surface area contributed by atoms with Crippen LogP contribution in [0.5, 0.6) is 6.01 Å². The molecule has 0 unspecified atom stereocenters. The van der Waals surface area contributed by atoms with Gasteiger partial charge in [0.25, 0.3) is 0 Å². The summed E-state index contributed by atoms with van der Waals surface area (Å²) in [5, 5.41) is 25.5. The number of amides is 2. The molecule has 1 aromatic carbocycles. The van der Waals surface area contributed by atoms with Crippen molar-refractivity contribution in [2.24, 2.45) is 0 Å². The van der Waals surface area contributed by atoms with Crippen molar-refractivity contribution < 1.29 is 19.0 Å².